The van der Waals surface area contributed by atoms with Crippen molar-refractivity contribution in [3.63, 3.8) is 0 Å². The third kappa shape index (κ3) is 2.04. The summed E-state index contributed by atoms with van der Waals surface area (Å²) >= 11 is 0. The molecule has 0 radical (unpaired) electrons. The van der Waals surface area contributed by atoms with Crippen molar-refractivity contribution in [3.8, 4) is 0 Å². The minimum Gasteiger partial charge on any atom is -0.326 e. The number of hydrogen-bond acceptors (Lipinski definition) is 4. The summed E-state index contributed by atoms with van der Waals surface area (Å²) in [6.45, 7) is -0.560. The van der Waals surface area contributed by atoms with Gasteiger partial charge in [0.05, 0.1) is 10.5 Å². The van der Waals surface area contributed by atoms with Crippen molar-refractivity contribution in [2.24, 2.45) is 5.73 Å². The molecule has 1 rings (SSSR count). The maximum absolute atomic E-state index is 12.9. The lowest BCUT2D eigenvalue weighted by molar-refractivity contribution is -0.387. The van der Waals surface area contributed by atoms with Crippen molar-refractivity contribution in [2.45, 2.75) is 13.0 Å². The van der Waals surface area contributed by atoms with Crippen molar-refractivity contribution >= 4 is 5.69 Å². The molecule has 1 aromatic heterocycles. The molecule has 0 aliphatic carbocycles. The summed E-state index contributed by atoms with van der Waals surface area (Å²) in [6.07, 6.45) is -2.65. The van der Waals surface area contributed by atoms with E-state index < -0.39 is 40.7 Å². The number of halogens is 3. The van der Waals surface area contributed by atoms with E-state index in [0.717, 1.165) is 0 Å². The third-order valence-corrected chi connectivity index (χ3v) is 1.75. The van der Waals surface area contributed by atoms with Crippen LogP contribution in [0.4, 0.5) is 18.9 Å². The van der Waals surface area contributed by atoms with Gasteiger partial charge in [-0.2, -0.15) is 4.39 Å². The minimum absolute atomic E-state index is 0.442. The van der Waals surface area contributed by atoms with Crippen LogP contribution in [-0.4, -0.2) is 9.91 Å². The molecule has 0 bridgehead atoms. The molecule has 0 saturated carbocycles. The Balaban J connectivity index is 3.49. The molecule has 0 amide bonds. The molecule has 0 unspecified atom stereocenters. The summed E-state index contributed by atoms with van der Waals surface area (Å²) in [7, 11) is 0. The standard InChI is InChI=1S/C7H6F3N3O2/c8-6(9)4-2-12-7(10)3(1-11)5(4)13(14)15/h2,6H,1,11H2. The summed E-state index contributed by atoms with van der Waals surface area (Å²) in [5.74, 6) is -1.20. The van der Waals surface area contributed by atoms with E-state index in [9.17, 15) is 23.3 Å². The molecule has 15 heavy (non-hydrogen) atoms. The molecule has 82 valence electrons. The fourth-order valence-corrected chi connectivity index (χ4v) is 1.09. The van der Waals surface area contributed by atoms with E-state index in [1.165, 1.54) is 0 Å². The van der Waals surface area contributed by atoms with Crippen molar-refractivity contribution in [1.82, 2.24) is 4.98 Å². The Labute approximate surface area is 81.9 Å². The number of pyridine rings is 1. The average Bonchev–Trinajstić information content (AvgIpc) is 2.16. The zero-order valence-electron chi connectivity index (χ0n) is 7.28. The monoisotopic (exact) mass is 221 g/mol. The number of hydrogen-bond donors (Lipinski definition) is 1. The SMILES string of the molecule is NCc1c(F)ncc(C(F)F)c1[N+](=O)[O-]. The molecule has 5 nitrogen and oxygen atoms in total. The van der Waals surface area contributed by atoms with Gasteiger partial charge in [0.25, 0.3) is 12.1 Å². The second kappa shape index (κ2) is 4.22. The van der Waals surface area contributed by atoms with Crippen LogP contribution in [0.1, 0.15) is 17.6 Å². The highest BCUT2D eigenvalue weighted by Crippen LogP contribution is 2.31. The highest BCUT2D eigenvalue weighted by molar-refractivity contribution is 5.46. The predicted molar refractivity (Wildman–Crippen MR) is 43.7 cm³/mol. The van der Waals surface area contributed by atoms with E-state index in [-0.39, 0.29) is 0 Å². The lowest BCUT2D eigenvalue weighted by atomic mass is 10.1. The molecule has 0 saturated heterocycles. The summed E-state index contributed by atoms with van der Waals surface area (Å²) in [5.41, 5.74) is 2.49. The molecular formula is C7H6F3N3O2. The number of nitrogens with two attached hydrogens (primary N) is 1. The van der Waals surface area contributed by atoms with E-state index in [1.807, 2.05) is 0 Å². The molecule has 2 N–H and O–H groups in total. The van der Waals surface area contributed by atoms with Gasteiger partial charge in [-0.05, 0) is 0 Å². The Bertz CT molecular complexity index is 397. The molecule has 8 heteroatoms. The second-order valence-electron chi connectivity index (χ2n) is 2.59. The summed E-state index contributed by atoms with van der Waals surface area (Å²) in [6, 6.07) is 0. The van der Waals surface area contributed by atoms with Crippen LogP contribution in [0, 0.1) is 16.1 Å². The molecule has 0 fully saturated rings. The number of alkyl halides is 2. The Morgan fingerprint density at radius 3 is 2.60 bits per heavy atom. The first-order valence-electron chi connectivity index (χ1n) is 3.79. The van der Waals surface area contributed by atoms with Crippen molar-refractivity contribution < 1.29 is 18.1 Å². The van der Waals surface area contributed by atoms with Crippen LogP contribution >= 0.6 is 0 Å². The number of nitrogens with zero attached hydrogens (tertiary/aromatic N) is 2. The largest absolute Gasteiger partial charge is 0.326 e. The average molecular weight is 221 g/mol. The van der Waals surface area contributed by atoms with E-state index in [2.05, 4.69) is 4.98 Å². The smallest absolute Gasteiger partial charge is 0.288 e. The Morgan fingerprint density at radius 1 is 1.60 bits per heavy atom. The number of rotatable bonds is 3. The summed E-state index contributed by atoms with van der Waals surface area (Å²) in [4.78, 5) is 12.4. The third-order valence-electron chi connectivity index (χ3n) is 1.75. The van der Waals surface area contributed by atoms with Gasteiger partial charge in [-0.3, -0.25) is 10.1 Å². The lowest BCUT2D eigenvalue weighted by Crippen LogP contribution is -2.09. The van der Waals surface area contributed by atoms with Gasteiger partial charge in [-0.25, -0.2) is 13.8 Å². The first-order valence-corrected chi connectivity index (χ1v) is 3.79. The minimum atomic E-state index is -3.09. The quantitative estimate of drug-likeness (QED) is 0.476. The molecule has 0 aromatic carbocycles. The summed E-state index contributed by atoms with van der Waals surface area (Å²) < 4.78 is 37.6. The maximum atomic E-state index is 12.9. The van der Waals surface area contributed by atoms with Crippen LogP contribution in [0.25, 0.3) is 0 Å². The topological polar surface area (TPSA) is 82.0 Å². The van der Waals surface area contributed by atoms with E-state index >= 15 is 0 Å². The molecule has 1 heterocycles. The van der Waals surface area contributed by atoms with Crippen LogP contribution in [-0.2, 0) is 6.54 Å². The Hall–Kier alpha value is -1.70. The van der Waals surface area contributed by atoms with Crippen LogP contribution in [0.5, 0.6) is 0 Å². The highest BCUT2D eigenvalue weighted by atomic mass is 19.3. The normalized spacial score (nSPS) is 10.7. The molecular weight excluding hydrogens is 215 g/mol. The number of aromatic nitrogens is 1. The highest BCUT2D eigenvalue weighted by Gasteiger charge is 2.28. The zero-order chi connectivity index (χ0) is 11.6. The van der Waals surface area contributed by atoms with Crippen LogP contribution < -0.4 is 5.73 Å². The van der Waals surface area contributed by atoms with Gasteiger partial charge >= 0.3 is 0 Å². The zero-order valence-corrected chi connectivity index (χ0v) is 7.28. The van der Waals surface area contributed by atoms with E-state index in [0.29, 0.717) is 6.20 Å². The molecule has 1 aromatic rings. The first-order chi connectivity index (χ1) is 6.99. The Kier molecular flexibility index (Phi) is 3.20. The Morgan fingerprint density at radius 2 is 2.20 bits per heavy atom. The molecule has 0 spiro atoms. The van der Waals surface area contributed by atoms with Gasteiger partial charge in [0.1, 0.15) is 5.56 Å². The van der Waals surface area contributed by atoms with Gasteiger partial charge in [-0.15, -0.1) is 0 Å². The second-order valence-corrected chi connectivity index (χ2v) is 2.59. The first kappa shape index (κ1) is 11.4. The molecule has 0 aliphatic rings. The van der Waals surface area contributed by atoms with Crippen LogP contribution in [0.3, 0.4) is 0 Å². The van der Waals surface area contributed by atoms with Crippen molar-refractivity contribution in [2.75, 3.05) is 0 Å². The van der Waals surface area contributed by atoms with Gasteiger partial charge in [0, 0.05) is 12.7 Å². The van der Waals surface area contributed by atoms with E-state index in [4.69, 9.17) is 5.73 Å². The van der Waals surface area contributed by atoms with Gasteiger partial charge in [0.2, 0.25) is 5.95 Å². The maximum Gasteiger partial charge on any atom is 0.288 e. The van der Waals surface area contributed by atoms with Crippen molar-refractivity contribution in [1.29, 1.82) is 0 Å². The van der Waals surface area contributed by atoms with E-state index in [1.54, 1.807) is 0 Å². The van der Waals surface area contributed by atoms with Crippen LogP contribution in [0.15, 0.2) is 6.20 Å². The van der Waals surface area contributed by atoms with Gasteiger partial charge in [0.15, 0.2) is 0 Å². The predicted octanol–water partition coefficient (Wildman–Crippen LogP) is 1.53. The molecule has 0 aliphatic heterocycles. The fraction of sp³-hybridized carbons (Fsp3) is 0.286. The fourth-order valence-electron chi connectivity index (χ4n) is 1.09. The van der Waals surface area contributed by atoms with Crippen LogP contribution in [0.2, 0.25) is 0 Å². The van der Waals surface area contributed by atoms with Gasteiger partial charge < -0.3 is 5.73 Å². The molecule has 0 atom stereocenters. The summed E-state index contributed by atoms with van der Waals surface area (Å²) in [5, 5.41) is 10.5. The van der Waals surface area contributed by atoms with Gasteiger partial charge in [-0.1, -0.05) is 0 Å². The lowest BCUT2D eigenvalue weighted by Gasteiger charge is -2.05. The number of nitro groups is 1. The van der Waals surface area contributed by atoms with Crippen molar-refractivity contribution in [3.05, 3.63) is 33.4 Å².